The number of carbonyl (C=O) groups is 1. The van der Waals surface area contributed by atoms with E-state index in [4.69, 9.17) is 0 Å². The summed E-state index contributed by atoms with van der Waals surface area (Å²) in [6.45, 7) is 7.51. The molecule has 0 spiro atoms. The molecule has 1 amide bonds. The Kier molecular flexibility index (Phi) is 8.21. The van der Waals surface area contributed by atoms with Gasteiger partial charge in [-0.1, -0.05) is 6.07 Å². The van der Waals surface area contributed by atoms with Crippen molar-refractivity contribution in [3.8, 4) is 0 Å². The highest BCUT2D eigenvalue weighted by molar-refractivity contribution is 7.10. The van der Waals surface area contributed by atoms with Crippen molar-refractivity contribution in [2.45, 2.75) is 32.7 Å². The standard InChI is InChI=1S/C18H31N5OS/c1-4-19-16(24)13-22-18(20-5-2)21-12-14-8-6-10-23(3)17(14)15-9-7-11-25-15/h7,9,11,14,17H,4-6,8,10,12-13H2,1-3H3,(H,19,24)(H2,20,21,22). The third kappa shape index (κ3) is 6.01. The lowest BCUT2D eigenvalue weighted by Crippen LogP contribution is -2.45. The maximum Gasteiger partial charge on any atom is 0.241 e. The first-order chi connectivity index (χ1) is 12.2. The molecule has 0 aromatic carbocycles. The van der Waals surface area contributed by atoms with Gasteiger partial charge in [0.1, 0.15) is 6.54 Å². The van der Waals surface area contributed by atoms with Crippen LogP contribution in [0.2, 0.25) is 0 Å². The molecule has 2 rings (SSSR count). The molecule has 7 heteroatoms. The van der Waals surface area contributed by atoms with Gasteiger partial charge >= 0.3 is 0 Å². The fourth-order valence-corrected chi connectivity index (χ4v) is 4.34. The number of guanidine groups is 1. The predicted octanol–water partition coefficient (Wildman–Crippen LogP) is 1.82. The van der Waals surface area contributed by atoms with Crippen molar-refractivity contribution >= 4 is 23.2 Å². The predicted molar refractivity (Wildman–Crippen MR) is 105 cm³/mol. The number of amides is 1. The number of nitrogens with zero attached hydrogens (tertiary/aromatic N) is 2. The number of aliphatic imine (C=N–C) groups is 1. The maximum absolute atomic E-state index is 11.6. The van der Waals surface area contributed by atoms with Crippen molar-refractivity contribution in [2.24, 2.45) is 10.9 Å². The van der Waals surface area contributed by atoms with Crippen LogP contribution in [0.25, 0.3) is 0 Å². The molecule has 1 aromatic heterocycles. The Morgan fingerprint density at radius 1 is 1.32 bits per heavy atom. The van der Waals surface area contributed by atoms with Gasteiger partial charge in [0.05, 0.1) is 0 Å². The van der Waals surface area contributed by atoms with Gasteiger partial charge in [0.15, 0.2) is 5.96 Å². The molecule has 3 N–H and O–H groups in total. The van der Waals surface area contributed by atoms with Gasteiger partial charge in [0, 0.05) is 30.6 Å². The zero-order chi connectivity index (χ0) is 18.1. The van der Waals surface area contributed by atoms with E-state index < -0.39 is 0 Å². The summed E-state index contributed by atoms with van der Waals surface area (Å²) >= 11 is 1.83. The van der Waals surface area contributed by atoms with Crippen LogP contribution in [0.1, 0.15) is 37.6 Å². The van der Waals surface area contributed by atoms with Gasteiger partial charge in [-0.15, -0.1) is 11.3 Å². The number of carbonyl (C=O) groups excluding carboxylic acids is 1. The highest BCUT2D eigenvalue weighted by atomic mass is 32.1. The molecule has 1 aliphatic heterocycles. The lowest BCUT2D eigenvalue weighted by atomic mass is 9.88. The minimum Gasteiger partial charge on any atom is -0.357 e. The molecular formula is C18H31N5OS. The van der Waals surface area contributed by atoms with Gasteiger partial charge in [-0.2, -0.15) is 0 Å². The molecule has 25 heavy (non-hydrogen) atoms. The number of rotatable bonds is 7. The molecule has 2 atom stereocenters. The summed E-state index contributed by atoms with van der Waals surface area (Å²) in [6.07, 6.45) is 2.42. The number of nitrogens with one attached hydrogen (secondary N) is 3. The van der Waals surface area contributed by atoms with Crippen molar-refractivity contribution in [3.05, 3.63) is 22.4 Å². The van der Waals surface area contributed by atoms with Crippen LogP contribution in [0.15, 0.2) is 22.5 Å². The van der Waals surface area contributed by atoms with E-state index in [2.05, 4.69) is 50.4 Å². The van der Waals surface area contributed by atoms with Crippen LogP contribution in [-0.2, 0) is 4.79 Å². The monoisotopic (exact) mass is 365 g/mol. The summed E-state index contributed by atoms with van der Waals surface area (Å²) in [7, 11) is 2.21. The van der Waals surface area contributed by atoms with Gasteiger partial charge in [0.2, 0.25) is 5.91 Å². The second-order valence-corrected chi connectivity index (χ2v) is 7.35. The van der Waals surface area contributed by atoms with E-state index in [9.17, 15) is 4.79 Å². The molecule has 1 saturated heterocycles. The van der Waals surface area contributed by atoms with Crippen LogP contribution >= 0.6 is 11.3 Å². The zero-order valence-electron chi connectivity index (χ0n) is 15.5. The van der Waals surface area contributed by atoms with Crippen LogP contribution in [0.3, 0.4) is 0 Å². The summed E-state index contributed by atoms with van der Waals surface area (Å²) in [5.41, 5.74) is 0. The maximum atomic E-state index is 11.6. The highest BCUT2D eigenvalue weighted by Gasteiger charge is 2.31. The lowest BCUT2D eigenvalue weighted by Gasteiger charge is -2.39. The van der Waals surface area contributed by atoms with Crippen molar-refractivity contribution in [2.75, 3.05) is 39.8 Å². The highest BCUT2D eigenvalue weighted by Crippen LogP contribution is 2.36. The van der Waals surface area contributed by atoms with Gasteiger partial charge < -0.3 is 16.0 Å². The average Bonchev–Trinajstić information content (AvgIpc) is 3.11. The van der Waals surface area contributed by atoms with Crippen LogP contribution in [0, 0.1) is 5.92 Å². The van der Waals surface area contributed by atoms with Crippen molar-refractivity contribution < 1.29 is 4.79 Å². The van der Waals surface area contributed by atoms with Gasteiger partial charge in [-0.3, -0.25) is 9.69 Å². The number of hydrogen-bond donors (Lipinski definition) is 3. The molecule has 1 aliphatic rings. The molecule has 2 unspecified atom stereocenters. The third-order valence-electron chi connectivity index (χ3n) is 4.47. The molecule has 0 saturated carbocycles. The van der Waals surface area contributed by atoms with Gasteiger partial charge in [0.25, 0.3) is 0 Å². The Hall–Kier alpha value is -1.60. The van der Waals surface area contributed by atoms with E-state index in [0.717, 1.165) is 19.6 Å². The van der Waals surface area contributed by atoms with E-state index in [1.54, 1.807) is 0 Å². The minimum atomic E-state index is -0.0476. The van der Waals surface area contributed by atoms with Gasteiger partial charge in [-0.05, 0) is 57.6 Å². The number of likely N-dealkylation sites (N-methyl/N-ethyl adjacent to an activating group) is 1. The van der Waals surface area contributed by atoms with Crippen LogP contribution in [0.5, 0.6) is 0 Å². The summed E-state index contributed by atoms with van der Waals surface area (Å²) in [5.74, 6) is 1.20. The largest absolute Gasteiger partial charge is 0.357 e. The Bertz CT molecular complexity index is 546. The Labute approximate surface area is 155 Å². The second kappa shape index (κ2) is 10.4. The number of hydrogen-bond acceptors (Lipinski definition) is 4. The zero-order valence-corrected chi connectivity index (χ0v) is 16.4. The first-order valence-corrected chi connectivity index (χ1v) is 10.1. The molecule has 140 valence electrons. The van der Waals surface area contributed by atoms with Crippen molar-refractivity contribution in [1.29, 1.82) is 0 Å². The molecule has 2 heterocycles. The van der Waals surface area contributed by atoms with E-state index in [0.29, 0.717) is 24.5 Å². The van der Waals surface area contributed by atoms with Crippen LogP contribution in [-0.4, -0.2) is 56.5 Å². The fraction of sp³-hybridized carbons (Fsp3) is 0.667. The fourth-order valence-electron chi connectivity index (χ4n) is 3.36. The van der Waals surface area contributed by atoms with Crippen molar-refractivity contribution in [1.82, 2.24) is 20.9 Å². The van der Waals surface area contributed by atoms with Gasteiger partial charge in [-0.25, -0.2) is 4.99 Å². The molecule has 0 radical (unpaired) electrons. The Balaban J connectivity index is 1.97. The smallest absolute Gasteiger partial charge is 0.241 e. The van der Waals surface area contributed by atoms with E-state index in [1.807, 2.05) is 25.2 Å². The number of piperidine rings is 1. The summed E-state index contributed by atoms with van der Waals surface area (Å²) in [5, 5.41) is 11.6. The topological polar surface area (TPSA) is 68.8 Å². The lowest BCUT2D eigenvalue weighted by molar-refractivity contribution is -0.119. The Morgan fingerprint density at radius 2 is 2.12 bits per heavy atom. The summed E-state index contributed by atoms with van der Waals surface area (Å²) in [4.78, 5) is 19.9. The van der Waals surface area contributed by atoms with Crippen LogP contribution < -0.4 is 16.0 Å². The molecule has 0 bridgehead atoms. The quantitative estimate of drug-likeness (QED) is 0.509. The summed E-state index contributed by atoms with van der Waals surface area (Å²) in [6, 6.07) is 4.82. The van der Waals surface area contributed by atoms with Crippen LogP contribution in [0.4, 0.5) is 0 Å². The van der Waals surface area contributed by atoms with E-state index in [1.165, 1.54) is 17.7 Å². The third-order valence-corrected chi connectivity index (χ3v) is 5.42. The molecule has 0 aliphatic carbocycles. The Morgan fingerprint density at radius 3 is 2.80 bits per heavy atom. The first-order valence-electron chi connectivity index (χ1n) is 9.18. The molecule has 1 aromatic rings. The molecule has 6 nitrogen and oxygen atoms in total. The van der Waals surface area contributed by atoms with E-state index >= 15 is 0 Å². The molecule has 1 fully saturated rings. The minimum absolute atomic E-state index is 0.0476. The average molecular weight is 366 g/mol. The second-order valence-electron chi connectivity index (χ2n) is 6.37. The number of likely N-dealkylation sites (tertiary alicyclic amines) is 1. The van der Waals surface area contributed by atoms with E-state index in [-0.39, 0.29) is 12.5 Å². The first kappa shape index (κ1) is 19.7. The summed E-state index contributed by atoms with van der Waals surface area (Å²) < 4.78 is 0. The number of thiophene rings is 1. The van der Waals surface area contributed by atoms with Crippen molar-refractivity contribution in [3.63, 3.8) is 0 Å². The SMILES string of the molecule is CCNC(=O)CN=C(NCC)NCC1CCCN(C)C1c1cccs1. The normalized spacial score (nSPS) is 21.8. The molecular weight excluding hydrogens is 334 g/mol.